The average Bonchev–Trinajstić information content (AvgIpc) is 2.41. The first-order chi connectivity index (χ1) is 9.61. The summed E-state index contributed by atoms with van der Waals surface area (Å²) in [4.78, 5) is 5.15. The number of rotatable bonds is 5. The molecule has 0 saturated carbocycles. The number of hydrogen-bond donors (Lipinski definition) is 2. The minimum atomic E-state index is 0.0108. The molecule has 0 saturated heterocycles. The summed E-state index contributed by atoms with van der Waals surface area (Å²) < 4.78 is 5.82. The van der Waals surface area contributed by atoms with Crippen LogP contribution in [-0.2, 0) is 0 Å². The highest BCUT2D eigenvalue weighted by atomic mass is 32.2. The molecule has 0 atom stereocenters. The number of aryl methyl sites for hydroxylation is 1. The Hall–Kier alpha value is -2.01. The van der Waals surface area contributed by atoms with Crippen LogP contribution < -0.4 is 10.5 Å². The Balaban J connectivity index is 2.37. The van der Waals surface area contributed by atoms with Crippen LogP contribution in [0.1, 0.15) is 18.2 Å². The molecule has 0 radical (unpaired) electrons. The van der Waals surface area contributed by atoms with Gasteiger partial charge < -0.3 is 10.5 Å². The number of aromatic nitrogens is 1. The van der Waals surface area contributed by atoms with Crippen LogP contribution in [-0.4, -0.2) is 16.6 Å². The van der Waals surface area contributed by atoms with Gasteiger partial charge in [0.1, 0.15) is 17.3 Å². The molecule has 2 rings (SSSR count). The number of amidine groups is 1. The number of benzene rings is 1. The molecule has 0 unspecified atom stereocenters. The van der Waals surface area contributed by atoms with Crippen molar-refractivity contribution in [2.75, 3.05) is 5.75 Å². The third kappa shape index (κ3) is 3.30. The molecule has 104 valence electrons. The quantitative estimate of drug-likeness (QED) is 0.501. The van der Waals surface area contributed by atoms with Crippen molar-refractivity contribution in [2.24, 2.45) is 5.73 Å². The molecule has 1 aromatic heterocycles. The van der Waals surface area contributed by atoms with Crippen LogP contribution in [0.5, 0.6) is 11.5 Å². The second-order valence-electron chi connectivity index (χ2n) is 4.21. The molecule has 1 aromatic carbocycles. The molecule has 3 N–H and O–H groups in total. The van der Waals surface area contributed by atoms with E-state index in [1.165, 1.54) is 0 Å². The molecule has 0 aliphatic heterocycles. The minimum Gasteiger partial charge on any atom is -0.455 e. The van der Waals surface area contributed by atoms with Gasteiger partial charge in [-0.1, -0.05) is 13.0 Å². The molecule has 0 bridgehead atoms. The maximum Gasteiger partial charge on any atom is 0.145 e. The van der Waals surface area contributed by atoms with Gasteiger partial charge in [0, 0.05) is 10.6 Å². The number of thioether (sulfide) groups is 1. The highest BCUT2D eigenvalue weighted by molar-refractivity contribution is 7.99. The summed E-state index contributed by atoms with van der Waals surface area (Å²) in [5.74, 6) is 2.14. The van der Waals surface area contributed by atoms with Crippen molar-refractivity contribution in [3.05, 3.63) is 47.8 Å². The number of nitrogens with zero attached hydrogens (tertiary/aromatic N) is 1. The first kappa shape index (κ1) is 14.4. The molecule has 0 spiro atoms. The van der Waals surface area contributed by atoms with Crippen LogP contribution in [0.4, 0.5) is 0 Å². The Bertz CT molecular complexity index is 611. The smallest absolute Gasteiger partial charge is 0.145 e. The van der Waals surface area contributed by atoms with E-state index in [0.717, 1.165) is 16.3 Å². The molecule has 0 amide bonds. The Morgan fingerprint density at radius 2 is 2.15 bits per heavy atom. The predicted octanol–water partition coefficient (Wildman–Crippen LogP) is 3.58. The van der Waals surface area contributed by atoms with Gasteiger partial charge in [0.15, 0.2) is 0 Å². The minimum absolute atomic E-state index is 0.0108. The van der Waals surface area contributed by atoms with E-state index in [4.69, 9.17) is 15.9 Å². The van der Waals surface area contributed by atoms with Crippen LogP contribution in [0.25, 0.3) is 0 Å². The zero-order valence-electron chi connectivity index (χ0n) is 11.5. The summed E-state index contributed by atoms with van der Waals surface area (Å²) >= 11 is 1.64. The van der Waals surface area contributed by atoms with Gasteiger partial charge in [-0.15, -0.1) is 11.8 Å². The topological polar surface area (TPSA) is 72.0 Å². The van der Waals surface area contributed by atoms with Crippen LogP contribution in [0.3, 0.4) is 0 Å². The zero-order valence-corrected chi connectivity index (χ0v) is 12.3. The lowest BCUT2D eigenvalue weighted by atomic mass is 10.2. The number of nitrogens with one attached hydrogen (secondary N) is 1. The van der Waals surface area contributed by atoms with Crippen LogP contribution in [0.15, 0.2) is 41.4 Å². The Morgan fingerprint density at radius 3 is 2.75 bits per heavy atom. The van der Waals surface area contributed by atoms with Crippen molar-refractivity contribution in [2.45, 2.75) is 18.7 Å². The van der Waals surface area contributed by atoms with E-state index in [0.29, 0.717) is 17.1 Å². The fourth-order valence-electron chi connectivity index (χ4n) is 1.78. The maximum atomic E-state index is 7.76. The van der Waals surface area contributed by atoms with Crippen molar-refractivity contribution in [3.8, 4) is 11.5 Å². The van der Waals surface area contributed by atoms with E-state index in [1.54, 1.807) is 18.0 Å². The van der Waals surface area contributed by atoms with E-state index in [9.17, 15) is 0 Å². The van der Waals surface area contributed by atoms with E-state index >= 15 is 0 Å². The van der Waals surface area contributed by atoms with E-state index in [2.05, 4.69) is 11.9 Å². The fraction of sp³-hybridized carbons (Fsp3) is 0.200. The average molecular weight is 287 g/mol. The highest BCUT2D eigenvalue weighted by Crippen LogP contribution is 2.32. The molecule has 20 heavy (non-hydrogen) atoms. The summed E-state index contributed by atoms with van der Waals surface area (Å²) in [7, 11) is 0. The van der Waals surface area contributed by atoms with Gasteiger partial charge in [-0.3, -0.25) is 10.4 Å². The monoisotopic (exact) mass is 287 g/mol. The third-order valence-corrected chi connectivity index (χ3v) is 3.61. The number of hydrogen-bond acceptors (Lipinski definition) is 4. The van der Waals surface area contributed by atoms with Crippen LogP contribution in [0, 0.1) is 12.3 Å². The molecule has 0 aliphatic carbocycles. The third-order valence-electron chi connectivity index (χ3n) is 2.67. The van der Waals surface area contributed by atoms with Gasteiger partial charge in [0.2, 0.25) is 0 Å². The number of ether oxygens (including phenoxy) is 1. The summed E-state index contributed by atoms with van der Waals surface area (Å²) in [5, 5.41) is 7.76. The van der Waals surface area contributed by atoms with E-state index in [-0.39, 0.29) is 5.84 Å². The van der Waals surface area contributed by atoms with Gasteiger partial charge in [-0.25, -0.2) is 0 Å². The fourth-order valence-corrected chi connectivity index (χ4v) is 2.62. The summed E-state index contributed by atoms with van der Waals surface area (Å²) in [6.07, 6.45) is 1.67. The Kier molecular flexibility index (Phi) is 4.63. The summed E-state index contributed by atoms with van der Waals surface area (Å²) in [6, 6.07) is 9.40. The molecule has 2 aromatic rings. The predicted molar refractivity (Wildman–Crippen MR) is 82.9 cm³/mol. The standard InChI is InChI=1S/C15H17N3OS/c1-3-20-13-6-4-5-12(14(13)15(16)17)19-11-8-7-10(2)18-9-11/h4-9H,3H2,1-2H3,(H3,16,17). The molecule has 0 aliphatic rings. The normalized spacial score (nSPS) is 10.3. The Morgan fingerprint density at radius 1 is 1.35 bits per heavy atom. The van der Waals surface area contributed by atoms with E-state index < -0.39 is 0 Å². The molecule has 5 heteroatoms. The first-order valence-corrected chi connectivity index (χ1v) is 7.31. The van der Waals surface area contributed by atoms with Crippen LogP contribution in [0.2, 0.25) is 0 Å². The largest absolute Gasteiger partial charge is 0.455 e. The molecule has 1 heterocycles. The lowest BCUT2D eigenvalue weighted by Gasteiger charge is -2.13. The summed E-state index contributed by atoms with van der Waals surface area (Å²) in [5.41, 5.74) is 7.27. The van der Waals surface area contributed by atoms with Gasteiger partial charge in [0.05, 0.1) is 11.8 Å². The van der Waals surface area contributed by atoms with Crippen LogP contribution >= 0.6 is 11.8 Å². The molecular formula is C15H17N3OS. The second kappa shape index (κ2) is 6.43. The maximum absolute atomic E-state index is 7.76. The lowest BCUT2D eigenvalue weighted by molar-refractivity contribution is 0.477. The number of pyridine rings is 1. The summed E-state index contributed by atoms with van der Waals surface area (Å²) in [6.45, 7) is 3.98. The highest BCUT2D eigenvalue weighted by Gasteiger charge is 2.13. The van der Waals surface area contributed by atoms with Crippen molar-refractivity contribution >= 4 is 17.6 Å². The SMILES string of the molecule is CCSc1cccc(Oc2ccc(C)nc2)c1C(=N)N. The Labute approximate surface area is 122 Å². The zero-order chi connectivity index (χ0) is 14.5. The van der Waals surface area contributed by atoms with Crippen molar-refractivity contribution in [3.63, 3.8) is 0 Å². The van der Waals surface area contributed by atoms with Gasteiger partial charge >= 0.3 is 0 Å². The number of nitrogens with two attached hydrogens (primary N) is 1. The van der Waals surface area contributed by atoms with Crippen molar-refractivity contribution < 1.29 is 4.74 Å². The van der Waals surface area contributed by atoms with Gasteiger partial charge in [0.25, 0.3) is 0 Å². The van der Waals surface area contributed by atoms with Crippen molar-refractivity contribution in [1.29, 1.82) is 5.41 Å². The van der Waals surface area contributed by atoms with Gasteiger partial charge in [-0.05, 0) is 36.9 Å². The number of nitrogen functional groups attached to an aromatic ring is 1. The lowest BCUT2D eigenvalue weighted by Crippen LogP contribution is -2.13. The molecular weight excluding hydrogens is 270 g/mol. The molecule has 4 nitrogen and oxygen atoms in total. The first-order valence-electron chi connectivity index (χ1n) is 6.32. The van der Waals surface area contributed by atoms with Crippen molar-refractivity contribution in [1.82, 2.24) is 4.98 Å². The van der Waals surface area contributed by atoms with Gasteiger partial charge in [-0.2, -0.15) is 0 Å². The van der Waals surface area contributed by atoms with E-state index in [1.807, 2.05) is 37.3 Å². The second-order valence-corrected chi connectivity index (χ2v) is 5.52. The molecule has 0 fully saturated rings.